The molecule has 0 heterocycles. The summed E-state index contributed by atoms with van der Waals surface area (Å²) >= 11 is 0. The molecule has 0 radical (unpaired) electrons. The molecular weight excluding hydrogens is 737 g/mol. The Morgan fingerprint density at radius 2 is 0.869 bits per heavy atom. The first-order valence-electron chi connectivity index (χ1n) is 22.5. The zero-order chi connectivity index (χ0) is 41.7. The summed E-state index contributed by atoms with van der Waals surface area (Å²) in [6, 6.07) is 65.7. The highest BCUT2D eigenvalue weighted by molar-refractivity contribution is 6.10. The summed E-state index contributed by atoms with van der Waals surface area (Å²) in [7, 11) is 0. The summed E-state index contributed by atoms with van der Waals surface area (Å²) in [6.07, 6.45) is 7.64. The Balaban J connectivity index is 1.08. The van der Waals surface area contributed by atoms with E-state index in [0.29, 0.717) is 0 Å². The van der Waals surface area contributed by atoms with E-state index in [1.54, 1.807) is 0 Å². The van der Waals surface area contributed by atoms with E-state index in [-0.39, 0.29) is 10.8 Å². The highest BCUT2D eigenvalue weighted by Crippen LogP contribution is 2.59. The first-order chi connectivity index (χ1) is 29.8. The molecule has 2 nitrogen and oxygen atoms in total. The van der Waals surface area contributed by atoms with Crippen LogP contribution in [0.25, 0.3) is 33.0 Å². The van der Waals surface area contributed by atoms with Crippen LogP contribution in [-0.4, -0.2) is 0 Å². The Bertz CT molecular complexity index is 2810. The highest BCUT2D eigenvalue weighted by atomic mass is 15.1. The van der Waals surface area contributed by atoms with Gasteiger partial charge in [0.25, 0.3) is 0 Å². The Hall–Kier alpha value is -6.38. The van der Waals surface area contributed by atoms with E-state index in [9.17, 15) is 0 Å². The summed E-state index contributed by atoms with van der Waals surface area (Å²) in [4.78, 5) is 4.86. The number of benzene rings is 8. The average molecular weight is 793 g/mol. The monoisotopic (exact) mass is 792 g/mol. The summed E-state index contributed by atoms with van der Waals surface area (Å²) in [5.41, 5.74) is 19.1. The van der Waals surface area contributed by atoms with Crippen molar-refractivity contribution in [2.45, 2.75) is 84.0 Å². The molecule has 0 saturated carbocycles. The zero-order valence-electron chi connectivity index (χ0n) is 36.4. The van der Waals surface area contributed by atoms with Crippen LogP contribution in [0.15, 0.2) is 176 Å². The molecule has 0 amide bonds. The number of unbranched alkanes of at least 4 members (excludes halogenated alkanes) is 4. The van der Waals surface area contributed by atoms with Gasteiger partial charge >= 0.3 is 0 Å². The molecule has 0 atom stereocenters. The van der Waals surface area contributed by atoms with Crippen molar-refractivity contribution in [1.29, 1.82) is 0 Å². The standard InChI is InChI=1S/C59H56N2/c1-6-7-8-9-13-22-41-31-33-45(34-32-41)61(44-27-18-12-19-28-44)56-40-55-57(49-30-21-20-29-48(49)56)51-39-53-50(38-54(51)59(55,4)5)47-36-35-46(37-52(47)58(53,2)3)60(42-23-14-10-15-24-42)43-25-16-11-17-26-43/h10-12,14-21,23-40H,6-9,13,22H2,1-5H3. The first-order valence-corrected chi connectivity index (χ1v) is 22.5. The molecule has 0 unspecified atom stereocenters. The van der Waals surface area contributed by atoms with E-state index in [4.69, 9.17) is 0 Å². The van der Waals surface area contributed by atoms with Crippen LogP contribution in [0, 0.1) is 0 Å². The largest absolute Gasteiger partial charge is 0.310 e. The summed E-state index contributed by atoms with van der Waals surface area (Å²) in [5, 5.41) is 2.58. The van der Waals surface area contributed by atoms with E-state index < -0.39 is 0 Å². The predicted molar refractivity (Wildman–Crippen MR) is 261 cm³/mol. The van der Waals surface area contributed by atoms with Gasteiger partial charge in [-0.25, -0.2) is 0 Å². The number of aryl methyl sites for hydroxylation is 1. The van der Waals surface area contributed by atoms with E-state index in [1.807, 2.05) is 0 Å². The van der Waals surface area contributed by atoms with Crippen LogP contribution in [0.1, 0.15) is 94.5 Å². The molecule has 0 fully saturated rings. The molecule has 302 valence electrons. The van der Waals surface area contributed by atoms with E-state index in [1.165, 1.54) is 116 Å². The van der Waals surface area contributed by atoms with Gasteiger partial charge in [0, 0.05) is 44.7 Å². The van der Waals surface area contributed by atoms with Crippen LogP contribution in [0.4, 0.5) is 34.1 Å². The maximum atomic E-state index is 2.56. The molecule has 0 spiro atoms. The molecule has 0 bridgehead atoms. The molecule has 0 N–H and O–H groups in total. The summed E-state index contributed by atoms with van der Waals surface area (Å²) < 4.78 is 0. The molecule has 0 saturated heterocycles. The van der Waals surface area contributed by atoms with Crippen molar-refractivity contribution >= 4 is 44.9 Å². The molecule has 61 heavy (non-hydrogen) atoms. The average Bonchev–Trinajstić information content (AvgIpc) is 3.65. The third kappa shape index (κ3) is 6.65. The number of hydrogen-bond donors (Lipinski definition) is 0. The molecule has 2 aliphatic carbocycles. The second kappa shape index (κ2) is 15.6. The lowest BCUT2D eigenvalue weighted by Crippen LogP contribution is -2.18. The number of rotatable bonds is 12. The van der Waals surface area contributed by atoms with Crippen molar-refractivity contribution in [1.82, 2.24) is 0 Å². The van der Waals surface area contributed by atoms with Crippen LogP contribution in [-0.2, 0) is 17.3 Å². The smallest absolute Gasteiger partial charge is 0.0543 e. The minimum Gasteiger partial charge on any atom is -0.310 e. The van der Waals surface area contributed by atoms with Gasteiger partial charge in [0.2, 0.25) is 0 Å². The molecule has 10 rings (SSSR count). The molecule has 2 aliphatic rings. The second-order valence-electron chi connectivity index (χ2n) is 18.3. The lowest BCUT2D eigenvalue weighted by atomic mass is 9.79. The van der Waals surface area contributed by atoms with Gasteiger partial charge in [0.05, 0.1) is 5.69 Å². The number of anilines is 6. The number of hydrogen-bond acceptors (Lipinski definition) is 2. The van der Waals surface area contributed by atoms with E-state index in [0.717, 1.165) is 17.8 Å². The molecular formula is C59H56N2. The Morgan fingerprint density at radius 3 is 1.51 bits per heavy atom. The SMILES string of the molecule is CCCCCCCc1ccc(N(c2ccccc2)c2cc3c(c4ccccc24)-c2cc4c(cc2C3(C)C)-c2ccc(N(c3ccccc3)c3ccccc3)cc2C4(C)C)cc1. The number of nitrogens with zero attached hydrogens (tertiary/aromatic N) is 2. The van der Waals surface area contributed by atoms with Crippen molar-refractivity contribution in [2.75, 3.05) is 9.80 Å². The van der Waals surface area contributed by atoms with Crippen molar-refractivity contribution < 1.29 is 0 Å². The minimum atomic E-state index is -0.216. The third-order valence-corrected chi connectivity index (χ3v) is 13.7. The molecule has 0 aliphatic heterocycles. The third-order valence-electron chi connectivity index (χ3n) is 13.7. The van der Waals surface area contributed by atoms with Crippen molar-refractivity contribution in [3.8, 4) is 22.3 Å². The molecule has 2 heteroatoms. The van der Waals surface area contributed by atoms with Gasteiger partial charge in [-0.15, -0.1) is 0 Å². The van der Waals surface area contributed by atoms with Crippen LogP contribution in [0.2, 0.25) is 0 Å². The van der Waals surface area contributed by atoms with Crippen LogP contribution < -0.4 is 9.80 Å². The summed E-state index contributed by atoms with van der Waals surface area (Å²) in [6.45, 7) is 12.0. The number of para-hydroxylation sites is 3. The maximum absolute atomic E-state index is 2.56. The van der Waals surface area contributed by atoms with Gasteiger partial charge in [-0.1, -0.05) is 157 Å². The highest BCUT2D eigenvalue weighted by Gasteiger charge is 2.43. The van der Waals surface area contributed by atoms with Gasteiger partial charge in [0.1, 0.15) is 0 Å². The van der Waals surface area contributed by atoms with Gasteiger partial charge in [-0.3, -0.25) is 0 Å². The molecule has 8 aromatic rings. The van der Waals surface area contributed by atoms with Crippen molar-refractivity contribution in [3.63, 3.8) is 0 Å². The van der Waals surface area contributed by atoms with Gasteiger partial charge in [-0.2, -0.15) is 0 Å². The first kappa shape index (κ1) is 38.8. The minimum absolute atomic E-state index is 0.191. The fraction of sp³-hybridized carbons (Fsp3) is 0.220. The Morgan fingerprint density at radius 1 is 0.377 bits per heavy atom. The molecule has 8 aromatic carbocycles. The van der Waals surface area contributed by atoms with Crippen LogP contribution in [0.3, 0.4) is 0 Å². The zero-order valence-corrected chi connectivity index (χ0v) is 36.4. The lowest BCUT2D eigenvalue weighted by Gasteiger charge is -2.30. The van der Waals surface area contributed by atoms with Crippen LogP contribution >= 0.6 is 0 Å². The predicted octanol–water partition coefficient (Wildman–Crippen LogP) is 16.9. The topological polar surface area (TPSA) is 6.48 Å². The van der Waals surface area contributed by atoms with Crippen molar-refractivity contribution in [3.05, 3.63) is 204 Å². The summed E-state index contributed by atoms with van der Waals surface area (Å²) in [5.74, 6) is 0. The number of fused-ring (bicyclic) bond motifs is 8. The normalized spacial score (nSPS) is 14.0. The molecule has 0 aromatic heterocycles. The van der Waals surface area contributed by atoms with Crippen molar-refractivity contribution in [2.24, 2.45) is 0 Å². The van der Waals surface area contributed by atoms with Crippen LogP contribution in [0.5, 0.6) is 0 Å². The van der Waals surface area contributed by atoms with E-state index in [2.05, 4.69) is 220 Å². The Kier molecular flexibility index (Phi) is 9.91. The fourth-order valence-corrected chi connectivity index (χ4v) is 10.5. The van der Waals surface area contributed by atoms with Gasteiger partial charge in [-0.05, 0) is 147 Å². The lowest BCUT2D eigenvalue weighted by molar-refractivity contribution is 0.632. The van der Waals surface area contributed by atoms with Gasteiger partial charge in [0.15, 0.2) is 0 Å². The quantitative estimate of drug-likeness (QED) is 0.114. The van der Waals surface area contributed by atoms with E-state index >= 15 is 0 Å². The maximum Gasteiger partial charge on any atom is 0.0543 e. The fourth-order valence-electron chi connectivity index (χ4n) is 10.5. The van der Waals surface area contributed by atoms with Gasteiger partial charge < -0.3 is 9.80 Å². The Labute approximate surface area is 363 Å². The second-order valence-corrected chi connectivity index (χ2v) is 18.3.